The van der Waals surface area contributed by atoms with Gasteiger partial charge >= 0.3 is 0 Å². The van der Waals surface area contributed by atoms with Crippen molar-refractivity contribution in [3.8, 4) is 0 Å². The summed E-state index contributed by atoms with van der Waals surface area (Å²) in [6.45, 7) is 3.57. The summed E-state index contributed by atoms with van der Waals surface area (Å²) in [5, 5.41) is -0.0947. The first kappa shape index (κ1) is 13.5. The molecule has 2 rings (SSSR count). The number of rotatable bonds is 6. The Morgan fingerprint density at radius 1 is 1.29 bits per heavy atom. The van der Waals surface area contributed by atoms with Gasteiger partial charge in [-0.1, -0.05) is 25.8 Å². The van der Waals surface area contributed by atoms with E-state index in [1.807, 2.05) is 0 Å². The molecule has 0 aromatic rings. The molecular weight excluding hydrogens is 254 g/mol. The lowest BCUT2D eigenvalue weighted by Gasteiger charge is -2.22. The van der Waals surface area contributed by atoms with Gasteiger partial charge in [0.1, 0.15) is 0 Å². The average molecular weight is 277 g/mol. The van der Waals surface area contributed by atoms with Crippen LogP contribution in [0.3, 0.4) is 0 Å². The molecule has 2 atom stereocenters. The quantitative estimate of drug-likeness (QED) is 0.411. The molecule has 2 fully saturated rings. The van der Waals surface area contributed by atoms with E-state index in [1.165, 1.54) is 6.42 Å². The predicted octanol–water partition coefficient (Wildman–Crippen LogP) is 0.872. The molecule has 0 amide bonds. The largest absolute Gasteiger partial charge is 0.424 e. The minimum absolute atomic E-state index is 0.0947. The van der Waals surface area contributed by atoms with E-state index in [0.717, 1.165) is 45.3 Å². The molecule has 4 nitrogen and oxygen atoms in total. The van der Waals surface area contributed by atoms with Gasteiger partial charge in [0.05, 0.1) is 5.25 Å². The van der Waals surface area contributed by atoms with Gasteiger partial charge in [0.15, 0.2) is 9.76 Å². The van der Waals surface area contributed by atoms with E-state index >= 15 is 0 Å². The fourth-order valence-electron chi connectivity index (χ4n) is 2.63. The third-order valence-corrected chi connectivity index (χ3v) is 6.88. The van der Waals surface area contributed by atoms with Gasteiger partial charge < -0.3 is 4.43 Å². The predicted molar refractivity (Wildman–Crippen MR) is 71.3 cm³/mol. The van der Waals surface area contributed by atoms with Crippen molar-refractivity contribution >= 4 is 19.8 Å². The standard InChI is InChI=1S/C11H23NO3SSi/c1-17-15-8-7-10-9-12(10)16(13,14)11-5-3-2-4-6-11/h10-11H,2-9,17H2,1H3. The summed E-state index contributed by atoms with van der Waals surface area (Å²) >= 11 is 0. The van der Waals surface area contributed by atoms with Crippen LogP contribution in [-0.4, -0.2) is 46.9 Å². The number of sulfonamides is 1. The first-order chi connectivity index (χ1) is 8.16. The molecule has 6 heteroatoms. The van der Waals surface area contributed by atoms with Crippen molar-refractivity contribution in [2.45, 2.75) is 56.4 Å². The van der Waals surface area contributed by atoms with Crippen molar-refractivity contribution < 1.29 is 12.8 Å². The fraction of sp³-hybridized carbons (Fsp3) is 1.00. The van der Waals surface area contributed by atoms with E-state index in [2.05, 4.69) is 6.55 Å². The highest BCUT2D eigenvalue weighted by Crippen LogP contribution is 2.33. The van der Waals surface area contributed by atoms with Crippen LogP contribution in [0.25, 0.3) is 0 Å². The van der Waals surface area contributed by atoms with Gasteiger partial charge in [-0.25, -0.2) is 8.42 Å². The van der Waals surface area contributed by atoms with Gasteiger partial charge in [0.25, 0.3) is 0 Å². The van der Waals surface area contributed by atoms with Crippen LogP contribution in [0, 0.1) is 0 Å². The summed E-state index contributed by atoms with van der Waals surface area (Å²) in [7, 11) is -3.33. The Morgan fingerprint density at radius 2 is 2.00 bits per heavy atom. The summed E-state index contributed by atoms with van der Waals surface area (Å²) < 4.78 is 31.7. The highest BCUT2D eigenvalue weighted by Gasteiger charge is 2.46. The lowest BCUT2D eigenvalue weighted by Crippen LogP contribution is -2.30. The molecule has 2 unspecified atom stereocenters. The number of nitrogens with zero attached hydrogens (tertiary/aromatic N) is 1. The van der Waals surface area contributed by atoms with Crippen molar-refractivity contribution in [1.82, 2.24) is 4.31 Å². The minimum atomic E-state index is -2.99. The lowest BCUT2D eigenvalue weighted by atomic mass is 10.0. The summed E-state index contributed by atoms with van der Waals surface area (Å²) in [5.41, 5.74) is 0. The van der Waals surface area contributed by atoms with Crippen LogP contribution in [0.2, 0.25) is 6.55 Å². The normalized spacial score (nSPS) is 31.1. The van der Waals surface area contributed by atoms with E-state index in [0.29, 0.717) is 0 Å². The Bertz CT molecular complexity index is 341. The van der Waals surface area contributed by atoms with E-state index in [-0.39, 0.29) is 21.1 Å². The molecule has 0 bridgehead atoms. The smallest absolute Gasteiger partial charge is 0.217 e. The van der Waals surface area contributed by atoms with Gasteiger partial charge in [-0.15, -0.1) is 0 Å². The van der Waals surface area contributed by atoms with E-state index in [9.17, 15) is 8.42 Å². The molecular formula is C11H23NO3SSi. The van der Waals surface area contributed by atoms with Crippen LogP contribution in [0.15, 0.2) is 0 Å². The number of hydrogen-bond acceptors (Lipinski definition) is 3. The van der Waals surface area contributed by atoms with Crippen LogP contribution in [0.5, 0.6) is 0 Å². The number of hydrogen-bond donors (Lipinski definition) is 0. The Kier molecular flexibility index (Phi) is 4.63. The monoisotopic (exact) mass is 277 g/mol. The minimum Gasteiger partial charge on any atom is -0.424 e. The molecule has 2 aliphatic rings. The summed E-state index contributed by atoms with van der Waals surface area (Å²) in [6.07, 6.45) is 5.96. The zero-order valence-electron chi connectivity index (χ0n) is 10.6. The molecule has 1 saturated carbocycles. The maximum absolute atomic E-state index is 12.3. The van der Waals surface area contributed by atoms with Crippen molar-refractivity contribution in [3.05, 3.63) is 0 Å². The molecule has 100 valence electrons. The maximum Gasteiger partial charge on any atom is 0.217 e. The third-order valence-electron chi connectivity index (χ3n) is 3.76. The topological polar surface area (TPSA) is 46.4 Å². The molecule has 0 spiro atoms. The summed E-state index contributed by atoms with van der Waals surface area (Å²) in [6, 6.07) is 0.238. The zero-order chi connectivity index (χ0) is 12.3. The van der Waals surface area contributed by atoms with Crippen LogP contribution < -0.4 is 0 Å². The van der Waals surface area contributed by atoms with E-state index in [1.54, 1.807) is 4.31 Å². The Morgan fingerprint density at radius 3 is 2.65 bits per heavy atom. The SMILES string of the molecule is C[SiH2]OCCC1CN1S(=O)(=O)C1CCCCC1. The van der Waals surface area contributed by atoms with Gasteiger partial charge in [0.2, 0.25) is 10.0 Å². The molecule has 0 radical (unpaired) electrons. The molecule has 1 saturated heterocycles. The summed E-state index contributed by atoms with van der Waals surface area (Å²) in [4.78, 5) is 0. The highest BCUT2D eigenvalue weighted by atomic mass is 32.2. The van der Waals surface area contributed by atoms with Gasteiger partial charge in [-0.2, -0.15) is 4.31 Å². The second-order valence-electron chi connectivity index (χ2n) is 5.01. The Balaban J connectivity index is 1.81. The molecule has 1 aliphatic heterocycles. The first-order valence-corrected chi connectivity index (χ1v) is 10.2. The van der Waals surface area contributed by atoms with Crippen LogP contribution in [0.1, 0.15) is 38.5 Å². The molecule has 1 aliphatic carbocycles. The molecule has 0 aromatic carbocycles. The highest BCUT2D eigenvalue weighted by molar-refractivity contribution is 7.90. The van der Waals surface area contributed by atoms with Crippen LogP contribution >= 0.6 is 0 Å². The van der Waals surface area contributed by atoms with Crippen molar-refractivity contribution in [3.63, 3.8) is 0 Å². The molecule has 0 N–H and O–H groups in total. The Hall–Kier alpha value is 0.0869. The van der Waals surface area contributed by atoms with Crippen LogP contribution in [-0.2, 0) is 14.4 Å². The van der Waals surface area contributed by atoms with E-state index in [4.69, 9.17) is 4.43 Å². The van der Waals surface area contributed by atoms with Crippen LogP contribution in [0.4, 0.5) is 0 Å². The lowest BCUT2D eigenvalue weighted by molar-refractivity contribution is 0.325. The van der Waals surface area contributed by atoms with Crippen molar-refractivity contribution in [2.24, 2.45) is 0 Å². The molecule has 1 heterocycles. The first-order valence-electron chi connectivity index (χ1n) is 6.74. The van der Waals surface area contributed by atoms with Crippen molar-refractivity contribution in [2.75, 3.05) is 13.2 Å². The maximum atomic E-state index is 12.3. The van der Waals surface area contributed by atoms with E-state index < -0.39 is 10.0 Å². The summed E-state index contributed by atoms with van der Waals surface area (Å²) in [5.74, 6) is 0. The Labute approximate surface area is 107 Å². The average Bonchev–Trinajstić information content (AvgIpc) is 3.11. The second kappa shape index (κ2) is 5.82. The molecule has 17 heavy (non-hydrogen) atoms. The zero-order valence-corrected chi connectivity index (χ0v) is 12.8. The second-order valence-corrected chi connectivity index (χ2v) is 8.17. The molecule has 0 aromatic heterocycles. The van der Waals surface area contributed by atoms with Gasteiger partial charge in [0, 0.05) is 19.2 Å². The van der Waals surface area contributed by atoms with Gasteiger partial charge in [-0.05, 0) is 19.3 Å². The van der Waals surface area contributed by atoms with Gasteiger partial charge in [-0.3, -0.25) is 0 Å². The van der Waals surface area contributed by atoms with Crippen molar-refractivity contribution in [1.29, 1.82) is 0 Å². The third kappa shape index (κ3) is 3.30. The fourth-order valence-corrected chi connectivity index (χ4v) is 5.29.